The van der Waals surface area contributed by atoms with Gasteiger partial charge in [0.2, 0.25) is 0 Å². The number of anilines is 1. The Morgan fingerprint density at radius 3 is 2.88 bits per heavy atom. The van der Waals surface area contributed by atoms with E-state index >= 15 is 0 Å². The van der Waals surface area contributed by atoms with Gasteiger partial charge in [-0.3, -0.25) is 0 Å². The number of aryl methyl sites for hydroxylation is 2. The summed E-state index contributed by atoms with van der Waals surface area (Å²) in [6.45, 7) is 6.88. The molecule has 0 bridgehead atoms. The van der Waals surface area contributed by atoms with E-state index in [1.165, 1.54) is 0 Å². The van der Waals surface area contributed by atoms with Crippen LogP contribution < -0.4 is 15.4 Å². The Labute approximate surface area is 147 Å². The summed E-state index contributed by atoms with van der Waals surface area (Å²) >= 11 is 0. The van der Waals surface area contributed by atoms with E-state index in [1.807, 2.05) is 25.1 Å². The van der Waals surface area contributed by atoms with E-state index in [-0.39, 0.29) is 12.1 Å². The van der Waals surface area contributed by atoms with Gasteiger partial charge in [-0.15, -0.1) is 10.2 Å². The van der Waals surface area contributed by atoms with Gasteiger partial charge in [0.15, 0.2) is 0 Å². The minimum absolute atomic E-state index is 0.0526. The predicted octanol–water partition coefficient (Wildman–Crippen LogP) is 2.86. The first-order valence-electron chi connectivity index (χ1n) is 8.62. The van der Waals surface area contributed by atoms with Crippen molar-refractivity contribution < 1.29 is 9.53 Å². The Bertz CT molecular complexity index is 769. The molecule has 0 unspecified atom stereocenters. The summed E-state index contributed by atoms with van der Waals surface area (Å²) in [4.78, 5) is 12.4. The Kier molecular flexibility index (Phi) is 4.92. The first kappa shape index (κ1) is 17.3. The highest BCUT2D eigenvalue weighted by Gasteiger charge is 2.25. The molecular formula is C18H25N5O2. The standard InChI is InChI=1S/C18H25N5O2/c1-11(2)17-22-21-16-8-6-13(10-23(16)17)19-18(24)20-14-9-12(3)5-7-15(14)25-4/h5,7,9,11,13H,6,8,10H2,1-4H3,(H2,19,20,24)/t13-/m0/s1. The van der Waals surface area contributed by atoms with E-state index in [0.717, 1.165) is 30.1 Å². The number of amides is 2. The minimum Gasteiger partial charge on any atom is -0.495 e. The zero-order valence-electron chi connectivity index (χ0n) is 15.2. The molecule has 134 valence electrons. The lowest BCUT2D eigenvalue weighted by Crippen LogP contribution is -2.43. The zero-order valence-corrected chi connectivity index (χ0v) is 15.2. The molecule has 2 aromatic rings. The van der Waals surface area contributed by atoms with Crippen LogP contribution >= 0.6 is 0 Å². The maximum Gasteiger partial charge on any atom is 0.319 e. The summed E-state index contributed by atoms with van der Waals surface area (Å²) in [5.74, 6) is 2.93. The lowest BCUT2D eigenvalue weighted by Gasteiger charge is -2.26. The molecule has 1 aliphatic heterocycles. The van der Waals surface area contributed by atoms with Gasteiger partial charge in [-0.25, -0.2) is 4.79 Å². The number of urea groups is 1. The van der Waals surface area contributed by atoms with Crippen LogP contribution in [0.25, 0.3) is 0 Å². The zero-order chi connectivity index (χ0) is 18.0. The summed E-state index contributed by atoms with van der Waals surface area (Å²) in [6.07, 6.45) is 1.67. The quantitative estimate of drug-likeness (QED) is 0.894. The SMILES string of the molecule is COc1ccc(C)cc1NC(=O)N[C@H]1CCc2nnc(C(C)C)n2C1. The fraction of sp³-hybridized carbons (Fsp3) is 0.500. The summed E-state index contributed by atoms with van der Waals surface area (Å²) < 4.78 is 7.44. The second kappa shape index (κ2) is 7.13. The fourth-order valence-corrected chi connectivity index (χ4v) is 3.16. The average Bonchev–Trinajstić information content (AvgIpc) is 2.98. The number of fused-ring (bicyclic) bond motifs is 1. The number of hydrogen-bond donors (Lipinski definition) is 2. The van der Waals surface area contributed by atoms with Crippen LogP contribution in [-0.2, 0) is 13.0 Å². The monoisotopic (exact) mass is 343 g/mol. The first-order chi connectivity index (χ1) is 12.0. The Balaban J connectivity index is 1.66. The van der Waals surface area contributed by atoms with E-state index in [9.17, 15) is 4.79 Å². The molecule has 0 saturated heterocycles. The van der Waals surface area contributed by atoms with Crippen LogP contribution in [0.4, 0.5) is 10.5 Å². The summed E-state index contributed by atoms with van der Waals surface area (Å²) in [7, 11) is 1.59. The molecule has 0 spiro atoms. The Hall–Kier alpha value is -2.57. The van der Waals surface area contributed by atoms with Crippen molar-refractivity contribution in [1.82, 2.24) is 20.1 Å². The van der Waals surface area contributed by atoms with Crippen LogP contribution in [0.5, 0.6) is 5.75 Å². The van der Waals surface area contributed by atoms with Crippen LogP contribution in [0.2, 0.25) is 0 Å². The second-order valence-corrected chi connectivity index (χ2v) is 6.78. The van der Waals surface area contributed by atoms with Crippen LogP contribution in [0.1, 0.15) is 43.4 Å². The second-order valence-electron chi connectivity index (χ2n) is 6.78. The summed E-state index contributed by atoms with van der Waals surface area (Å²) in [6, 6.07) is 5.52. The number of carbonyl (C=O) groups is 1. The van der Waals surface area contributed by atoms with Crippen LogP contribution in [0, 0.1) is 6.92 Å². The number of aromatic nitrogens is 3. The molecular weight excluding hydrogens is 318 g/mol. The third-order valence-corrected chi connectivity index (χ3v) is 4.43. The van der Waals surface area contributed by atoms with Gasteiger partial charge in [0.05, 0.1) is 12.8 Å². The van der Waals surface area contributed by atoms with Gasteiger partial charge in [0, 0.05) is 24.9 Å². The fourth-order valence-electron chi connectivity index (χ4n) is 3.16. The van der Waals surface area contributed by atoms with E-state index < -0.39 is 0 Å². The third kappa shape index (κ3) is 3.75. The highest BCUT2D eigenvalue weighted by atomic mass is 16.5. The van der Waals surface area contributed by atoms with E-state index in [1.54, 1.807) is 7.11 Å². The molecule has 0 fully saturated rings. The third-order valence-electron chi connectivity index (χ3n) is 4.43. The first-order valence-corrected chi connectivity index (χ1v) is 8.62. The van der Waals surface area contributed by atoms with Crippen molar-refractivity contribution in [2.45, 2.75) is 52.1 Å². The molecule has 3 rings (SSSR count). The lowest BCUT2D eigenvalue weighted by atomic mass is 10.1. The maximum atomic E-state index is 12.4. The van der Waals surface area contributed by atoms with Gasteiger partial charge in [-0.05, 0) is 31.0 Å². The number of ether oxygens (including phenoxy) is 1. The van der Waals surface area contributed by atoms with Crippen LogP contribution in [-0.4, -0.2) is 33.9 Å². The van der Waals surface area contributed by atoms with E-state index in [0.29, 0.717) is 23.9 Å². The number of nitrogens with zero attached hydrogens (tertiary/aromatic N) is 3. The average molecular weight is 343 g/mol. The van der Waals surface area contributed by atoms with Gasteiger partial charge >= 0.3 is 6.03 Å². The molecule has 7 nitrogen and oxygen atoms in total. The molecule has 1 aromatic carbocycles. The summed E-state index contributed by atoms with van der Waals surface area (Å²) in [5, 5.41) is 14.5. The van der Waals surface area contributed by atoms with Crippen molar-refractivity contribution in [3.63, 3.8) is 0 Å². The predicted molar refractivity (Wildman–Crippen MR) is 96.1 cm³/mol. The number of nitrogens with one attached hydrogen (secondary N) is 2. The smallest absolute Gasteiger partial charge is 0.319 e. The molecule has 2 amide bonds. The molecule has 7 heteroatoms. The Morgan fingerprint density at radius 1 is 1.36 bits per heavy atom. The topological polar surface area (TPSA) is 81.1 Å². The number of rotatable bonds is 4. The molecule has 0 saturated carbocycles. The summed E-state index contributed by atoms with van der Waals surface area (Å²) in [5.41, 5.74) is 1.73. The van der Waals surface area contributed by atoms with Crippen LogP contribution in [0.15, 0.2) is 18.2 Å². The molecule has 1 aromatic heterocycles. The maximum absolute atomic E-state index is 12.4. The van der Waals surface area contributed by atoms with Crippen molar-refractivity contribution in [1.29, 1.82) is 0 Å². The van der Waals surface area contributed by atoms with E-state index in [2.05, 4.69) is 39.2 Å². The van der Waals surface area contributed by atoms with Crippen molar-refractivity contribution in [2.24, 2.45) is 0 Å². The normalized spacial score (nSPS) is 16.4. The number of carbonyl (C=O) groups excluding carboxylic acids is 1. The van der Waals surface area contributed by atoms with Crippen molar-refractivity contribution in [3.05, 3.63) is 35.4 Å². The molecule has 1 aliphatic rings. The lowest BCUT2D eigenvalue weighted by molar-refractivity contribution is 0.244. The number of hydrogen-bond acceptors (Lipinski definition) is 4. The van der Waals surface area contributed by atoms with Crippen molar-refractivity contribution in [3.8, 4) is 5.75 Å². The minimum atomic E-state index is -0.225. The van der Waals surface area contributed by atoms with Crippen LogP contribution in [0.3, 0.4) is 0 Å². The highest BCUT2D eigenvalue weighted by Crippen LogP contribution is 2.25. The highest BCUT2D eigenvalue weighted by molar-refractivity contribution is 5.91. The van der Waals surface area contributed by atoms with Gasteiger partial charge in [0.1, 0.15) is 17.4 Å². The Morgan fingerprint density at radius 2 is 2.16 bits per heavy atom. The molecule has 1 atom stereocenters. The molecule has 0 aliphatic carbocycles. The van der Waals surface area contributed by atoms with Gasteiger partial charge in [-0.1, -0.05) is 19.9 Å². The molecule has 25 heavy (non-hydrogen) atoms. The molecule has 0 radical (unpaired) electrons. The van der Waals surface area contributed by atoms with Gasteiger partial charge < -0.3 is 19.9 Å². The van der Waals surface area contributed by atoms with Gasteiger partial charge in [0.25, 0.3) is 0 Å². The van der Waals surface area contributed by atoms with Crippen molar-refractivity contribution >= 4 is 11.7 Å². The number of benzene rings is 1. The molecule has 2 heterocycles. The van der Waals surface area contributed by atoms with Crippen molar-refractivity contribution in [2.75, 3.05) is 12.4 Å². The largest absolute Gasteiger partial charge is 0.495 e. The number of methoxy groups -OCH3 is 1. The molecule has 2 N–H and O–H groups in total. The van der Waals surface area contributed by atoms with E-state index in [4.69, 9.17) is 4.74 Å². The van der Waals surface area contributed by atoms with Gasteiger partial charge in [-0.2, -0.15) is 0 Å².